The van der Waals surface area contributed by atoms with Gasteiger partial charge < -0.3 is 15.2 Å². The summed E-state index contributed by atoms with van der Waals surface area (Å²) >= 11 is 0. The highest BCUT2D eigenvalue weighted by Crippen LogP contribution is 2.16. The van der Waals surface area contributed by atoms with Crippen LogP contribution in [0.1, 0.15) is 24.1 Å². The fourth-order valence-electron chi connectivity index (χ4n) is 2.97. The zero-order valence-electron chi connectivity index (χ0n) is 15.0. The monoisotopic (exact) mass is 349 g/mol. The molecule has 0 radical (unpaired) electrons. The van der Waals surface area contributed by atoms with Crippen molar-refractivity contribution in [3.05, 3.63) is 71.9 Å². The van der Waals surface area contributed by atoms with Crippen LogP contribution < -0.4 is 10.6 Å². The molecule has 0 saturated heterocycles. The van der Waals surface area contributed by atoms with E-state index in [9.17, 15) is 9.59 Å². The largest absolute Gasteiger partial charge is 0.351 e. The molecule has 5 heteroatoms. The number of aromatic nitrogens is 1. The SMILES string of the molecule is C[C@@H](NC(=O)C(=O)NCCc1ccc2c(ccn2C)c1)c1ccccc1. The summed E-state index contributed by atoms with van der Waals surface area (Å²) in [6.45, 7) is 2.28. The Morgan fingerprint density at radius 3 is 2.58 bits per heavy atom. The summed E-state index contributed by atoms with van der Waals surface area (Å²) < 4.78 is 2.07. The minimum atomic E-state index is -0.611. The lowest BCUT2D eigenvalue weighted by Crippen LogP contribution is -2.41. The number of nitrogens with zero attached hydrogens (tertiary/aromatic N) is 1. The van der Waals surface area contributed by atoms with Crippen LogP contribution in [0.25, 0.3) is 10.9 Å². The Morgan fingerprint density at radius 2 is 1.81 bits per heavy atom. The molecule has 1 atom stereocenters. The number of carbonyl (C=O) groups excluding carboxylic acids is 2. The Labute approximate surface area is 153 Å². The molecule has 0 spiro atoms. The smallest absolute Gasteiger partial charge is 0.309 e. The van der Waals surface area contributed by atoms with Gasteiger partial charge in [0.1, 0.15) is 0 Å². The van der Waals surface area contributed by atoms with E-state index in [1.165, 1.54) is 10.9 Å². The van der Waals surface area contributed by atoms with E-state index in [-0.39, 0.29) is 6.04 Å². The van der Waals surface area contributed by atoms with Crippen molar-refractivity contribution in [1.82, 2.24) is 15.2 Å². The minimum Gasteiger partial charge on any atom is -0.351 e. The number of fused-ring (bicyclic) bond motifs is 1. The van der Waals surface area contributed by atoms with E-state index in [1.807, 2.05) is 56.6 Å². The van der Waals surface area contributed by atoms with Crippen LogP contribution in [0.15, 0.2) is 60.8 Å². The van der Waals surface area contributed by atoms with Gasteiger partial charge in [-0.05, 0) is 48.1 Å². The van der Waals surface area contributed by atoms with E-state index >= 15 is 0 Å². The van der Waals surface area contributed by atoms with Gasteiger partial charge in [-0.3, -0.25) is 9.59 Å². The second kappa shape index (κ2) is 7.87. The Morgan fingerprint density at radius 1 is 1.04 bits per heavy atom. The Bertz CT molecular complexity index is 915. The number of nitrogens with one attached hydrogen (secondary N) is 2. The van der Waals surface area contributed by atoms with Crippen molar-refractivity contribution in [2.24, 2.45) is 7.05 Å². The predicted octanol–water partition coefficient (Wildman–Crippen LogP) is 2.71. The first kappa shape index (κ1) is 17.7. The van der Waals surface area contributed by atoms with E-state index in [0.717, 1.165) is 11.1 Å². The average Bonchev–Trinajstić information content (AvgIpc) is 3.02. The summed E-state index contributed by atoms with van der Waals surface area (Å²) in [5, 5.41) is 6.57. The third-order valence-electron chi connectivity index (χ3n) is 4.50. The molecule has 2 amide bonds. The van der Waals surface area contributed by atoms with E-state index in [4.69, 9.17) is 0 Å². The average molecular weight is 349 g/mol. The topological polar surface area (TPSA) is 63.1 Å². The highest BCUT2D eigenvalue weighted by molar-refractivity contribution is 6.35. The van der Waals surface area contributed by atoms with Crippen LogP contribution in [-0.4, -0.2) is 22.9 Å². The molecule has 2 aromatic carbocycles. The van der Waals surface area contributed by atoms with Crippen LogP contribution in [-0.2, 0) is 23.1 Å². The van der Waals surface area contributed by atoms with Crippen molar-refractivity contribution in [3.8, 4) is 0 Å². The molecule has 1 heterocycles. The molecule has 3 rings (SSSR count). The highest BCUT2D eigenvalue weighted by Gasteiger charge is 2.16. The quantitative estimate of drug-likeness (QED) is 0.696. The number of aryl methyl sites for hydroxylation is 1. The lowest BCUT2D eigenvalue weighted by atomic mass is 10.1. The maximum absolute atomic E-state index is 12.0. The van der Waals surface area contributed by atoms with Gasteiger partial charge in [-0.2, -0.15) is 0 Å². The third-order valence-corrected chi connectivity index (χ3v) is 4.50. The van der Waals surface area contributed by atoms with E-state index in [1.54, 1.807) is 0 Å². The summed E-state index contributed by atoms with van der Waals surface area (Å²) in [7, 11) is 2.01. The molecule has 0 saturated carbocycles. The molecule has 0 aliphatic rings. The van der Waals surface area contributed by atoms with Crippen LogP contribution >= 0.6 is 0 Å². The van der Waals surface area contributed by atoms with Crippen molar-refractivity contribution in [2.75, 3.05) is 6.54 Å². The van der Waals surface area contributed by atoms with Gasteiger partial charge in [0, 0.05) is 25.3 Å². The van der Waals surface area contributed by atoms with Gasteiger partial charge >= 0.3 is 11.8 Å². The third kappa shape index (κ3) is 4.11. The highest BCUT2D eigenvalue weighted by atomic mass is 16.2. The molecule has 2 N–H and O–H groups in total. The standard InChI is InChI=1S/C21H23N3O2/c1-15(17-6-4-3-5-7-17)23-21(26)20(25)22-12-10-16-8-9-19-18(14-16)11-13-24(19)2/h3-9,11,13-15H,10,12H2,1-2H3,(H,22,25)(H,23,26)/t15-/m1/s1. The van der Waals surface area contributed by atoms with Crippen molar-refractivity contribution >= 4 is 22.7 Å². The second-order valence-electron chi connectivity index (χ2n) is 6.43. The second-order valence-corrected chi connectivity index (χ2v) is 6.43. The summed E-state index contributed by atoms with van der Waals surface area (Å²) in [6.07, 6.45) is 2.70. The van der Waals surface area contributed by atoms with Crippen molar-refractivity contribution < 1.29 is 9.59 Å². The molecule has 0 aliphatic heterocycles. The maximum Gasteiger partial charge on any atom is 0.309 e. The molecule has 1 aromatic heterocycles. The maximum atomic E-state index is 12.0. The molecule has 26 heavy (non-hydrogen) atoms. The molecule has 0 bridgehead atoms. The molecule has 134 valence electrons. The lowest BCUT2D eigenvalue weighted by Gasteiger charge is -2.14. The summed E-state index contributed by atoms with van der Waals surface area (Å²) in [6, 6.07) is 17.6. The predicted molar refractivity (Wildman–Crippen MR) is 103 cm³/mol. The Balaban J connectivity index is 1.49. The summed E-state index contributed by atoms with van der Waals surface area (Å²) in [5.74, 6) is -1.21. The molecule has 5 nitrogen and oxygen atoms in total. The van der Waals surface area contributed by atoms with E-state index < -0.39 is 11.8 Å². The van der Waals surface area contributed by atoms with Crippen molar-refractivity contribution in [3.63, 3.8) is 0 Å². The van der Waals surface area contributed by atoms with E-state index in [2.05, 4.69) is 33.4 Å². The van der Waals surface area contributed by atoms with Crippen LogP contribution in [0.4, 0.5) is 0 Å². The van der Waals surface area contributed by atoms with Crippen LogP contribution in [0, 0.1) is 0 Å². The Hall–Kier alpha value is -3.08. The number of hydrogen-bond acceptors (Lipinski definition) is 2. The van der Waals surface area contributed by atoms with Crippen molar-refractivity contribution in [2.45, 2.75) is 19.4 Å². The number of carbonyl (C=O) groups is 2. The molecule has 3 aromatic rings. The molecular formula is C21H23N3O2. The zero-order valence-corrected chi connectivity index (χ0v) is 15.0. The van der Waals surface area contributed by atoms with Gasteiger partial charge in [0.2, 0.25) is 0 Å². The van der Waals surface area contributed by atoms with Gasteiger partial charge in [-0.15, -0.1) is 0 Å². The van der Waals surface area contributed by atoms with Gasteiger partial charge in [0.25, 0.3) is 0 Å². The fourth-order valence-corrected chi connectivity index (χ4v) is 2.97. The normalized spacial score (nSPS) is 11.9. The van der Waals surface area contributed by atoms with Crippen molar-refractivity contribution in [1.29, 1.82) is 0 Å². The molecule has 0 aliphatic carbocycles. The van der Waals surface area contributed by atoms with Gasteiger partial charge in [-0.1, -0.05) is 36.4 Å². The summed E-state index contributed by atoms with van der Waals surface area (Å²) in [5.41, 5.74) is 3.26. The van der Waals surface area contributed by atoms with Gasteiger partial charge in [-0.25, -0.2) is 0 Å². The Kier molecular flexibility index (Phi) is 5.37. The van der Waals surface area contributed by atoms with Gasteiger partial charge in [0.15, 0.2) is 0 Å². The number of benzene rings is 2. The molecule has 0 unspecified atom stereocenters. The fraction of sp³-hybridized carbons (Fsp3) is 0.238. The zero-order chi connectivity index (χ0) is 18.5. The lowest BCUT2D eigenvalue weighted by molar-refractivity contribution is -0.139. The van der Waals surface area contributed by atoms with Crippen LogP contribution in [0.2, 0.25) is 0 Å². The first-order valence-corrected chi connectivity index (χ1v) is 8.72. The van der Waals surface area contributed by atoms with Gasteiger partial charge in [0.05, 0.1) is 6.04 Å². The minimum absolute atomic E-state index is 0.213. The van der Waals surface area contributed by atoms with E-state index in [0.29, 0.717) is 13.0 Å². The molecule has 0 fully saturated rings. The summed E-state index contributed by atoms with van der Waals surface area (Å²) in [4.78, 5) is 24.0. The first-order chi connectivity index (χ1) is 12.5. The van der Waals surface area contributed by atoms with Crippen LogP contribution in [0.3, 0.4) is 0 Å². The number of rotatable bonds is 5. The molecular weight excluding hydrogens is 326 g/mol. The first-order valence-electron chi connectivity index (χ1n) is 8.72. The number of hydrogen-bond donors (Lipinski definition) is 2. The number of amides is 2. The van der Waals surface area contributed by atoms with Crippen LogP contribution in [0.5, 0.6) is 0 Å².